The van der Waals surface area contributed by atoms with Crippen LogP contribution in [0.5, 0.6) is 5.75 Å². The Morgan fingerprint density at radius 1 is 1.07 bits per heavy atom. The molecular weight excluding hydrogens is 370 g/mol. The number of nitrogens with zero attached hydrogens (tertiary/aromatic N) is 2. The predicted octanol–water partition coefficient (Wildman–Crippen LogP) is 1.49. The molecule has 0 aliphatic rings. The molecule has 0 bridgehead atoms. The van der Waals surface area contributed by atoms with Gasteiger partial charge in [0.2, 0.25) is 0 Å². The van der Waals surface area contributed by atoms with Crippen molar-refractivity contribution in [2.75, 3.05) is 11.9 Å². The van der Waals surface area contributed by atoms with Crippen molar-refractivity contribution in [3.63, 3.8) is 0 Å². The number of fused-ring (bicyclic) bond motifs is 1. The molecule has 3 aromatic rings. The van der Waals surface area contributed by atoms with Crippen molar-refractivity contribution < 1.29 is 19.1 Å². The molecule has 27 heavy (non-hydrogen) atoms. The number of ether oxygens (including phenoxy) is 1. The zero-order valence-corrected chi connectivity index (χ0v) is 15.0. The van der Waals surface area contributed by atoms with Crippen LogP contribution in [0, 0.1) is 0 Å². The van der Waals surface area contributed by atoms with Crippen LogP contribution in [-0.4, -0.2) is 34.3 Å². The van der Waals surface area contributed by atoms with E-state index >= 15 is 0 Å². The molecule has 9 nitrogen and oxygen atoms in total. The third kappa shape index (κ3) is 4.55. The van der Waals surface area contributed by atoms with Crippen LogP contribution in [0.2, 0.25) is 0 Å². The Kier molecular flexibility index (Phi) is 5.57. The smallest absolute Gasteiger partial charge is 0.328 e. The molecule has 0 aliphatic carbocycles. The van der Waals surface area contributed by atoms with Gasteiger partial charge in [-0.2, -0.15) is 0 Å². The van der Waals surface area contributed by atoms with Gasteiger partial charge in [-0.05, 0) is 37.3 Å². The Morgan fingerprint density at radius 3 is 2.59 bits per heavy atom. The zero-order chi connectivity index (χ0) is 19.2. The maximum Gasteiger partial charge on any atom is 0.328 e. The SMILES string of the molecule is CCOc1ccc2nc(NC(=O)C(=O)NNC(=O)c3ccncc3)sc2c1. The summed E-state index contributed by atoms with van der Waals surface area (Å²) in [5.41, 5.74) is 5.16. The number of aromatic nitrogens is 2. The van der Waals surface area contributed by atoms with Crippen molar-refractivity contribution in [1.82, 2.24) is 20.8 Å². The van der Waals surface area contributed by atoms with Gasteiger partial charge < -0.3 is 4.74 Å². The summed E-state index contributed by atoms with van der Waals surface area (Å²) in [6, 6.07) is 8.29. The Morgan fingerprint density at radius 2 is 1.85 bits per heavy atom. The van der Waals surface area contributed by atoms with Crippen molar-refractivity contribution in [2.24, 2.45) is 0 Å². The maximum atomic E-state index is 12.0. The van der Waals surface area contributed by atoms with Gasteiger partial charge in [0, 0.05) is 18.0 Å². The first-order valence-corrected chi connectivity index (χ1v) is 8.73. The van der Waals surface area contributed by atoms with Gasteiger partial charge in [0.25, 0.3) is 5.91 Å². The minimum absolute atomic E-state index is 0.263. The second-order valence-electron chi connectivity index (χ2n) is 5.18. The highest BCUT2D eigenvalue weighted by atomic mass is 32.1. The minimum Gasteiger partial charge on any atom is -0.494 e. The van der Waals surface area contributed by atoms with Crippen LogP contribution in [0.4, 0.5) is 5.13 Å². The number of rotatable bonds is 4. The Hall–Kier alpha value is -3.53. The summed E-state index contributed by atoms with van der Waals surface area (Å²) in [6.45, 7) is 2.42. The second-order valence-corrected chi connectivity index (χ2v) is 6.21. The molecule has 138 valence electrons. The van der Waals surface area contributed by atoms with E-state index in [4.69, 9.17) is 4.74 Å². The molecule has 0 fully saturated rings. The molecule has 0 spiro atoms. The van der Waals surface area contributed by atoms with Gasteiger partial charge in [0.1, 0.15) is 5.75 Å². The summed E-state index contributed by atoms with van der Waals surface area (Å²) in [5.74, 6) is -1.84. The number of hydrogen-bond donors (Lipinski definition) is 3. The Balaban J connectivity index is 1.58. The van der Waals surface area contributed by atoms with Gasteiger partial charge in [0.05, 0.1) is 16.8 Å². The minimum atomic E-state index is -1.02. The summed E-state index contributed by atoms with van der Waals surface area (Å²) in [6.07, 6.45) is 2.88. The number of hydrazine groups is 1. The average molecular weight is 385 g/mol. The zero-order valence-electron chi connectivity index (χ0n) is 14.2. The van der Waals surface area contributed by atoms with Crippen LogP contribution in [-0.2, 0) is 9.59 Å². The van der Waals surface area contributed by atoms with E-state index in [1.165, 1.54) is 35.9 Å². The molecule has 0 radical (unpaired) electrons. The summed E-state index contributed by atoms with van der Waals surface area (Å²) < 4.78 is 6.22. The van der Waals surface area contributed by atoms with E-state index in [1.54, 1.807) is 18.2 Å². The van der Waals surface area contributed by atoms with E-state index in [-0.39, 0.29) is 5.13 Å². The van der Waals surface area contributed by atoms with Gasteiger partial charge in [-0.3, -0.25) is 35.5 Å². The molecule has 2 aromatic heterocycles. The first-order chi connectivity index (χ1) is 13.1. The van der Waals surface area contributed by atoms with Crippen LogP contribution < -0.4 is 20.9 Å². The number of thiazole rings is 1. The quantitative estimate of drug-likeness (QED) is 0.462. The number of anilines is 1. The fourth-order valence-corrected chi connectivity index (χ4v) is 3.00. The van der Waals surface area contributed by atoms with Gasteiger partial charge in [-0.15, -0.1) is 0 Å². The summed E-state index contributed by atoms with van der Waals surface area (Å²) in [7, 11) is 0. The molecule has 0 saturated heterocycles. The Bertz CT molecular complexity index is 989. The number of pyridine rings is 1. The lowest BCUT2D eigenvalue weighted by atomic mass is 10.3. The summed E-state index contributed by atoms with van der Waals surface area (Å²) in [4.78, 5) is 43.7. The normalized spacial score (nSPS) is 10.3. The lowest BCUT2D eigenvalue weighted by Gasteiger charge is -2.06. The van der Waals surface area contributed by atoms with E-state index in [0.29, 0.717) is 23.4 Å². The summed E-state index contributed by atoms with van der Waals surface area (Å²) >= 11 is 1.21. The third-order valence-electron chi connectivity index (χ3n) is 3.33. The largest absolute Gasteiger partial charge is 0.494 e. The molecule has 3 N–H and O–H groups in total. The number of nitrogens with one attached hydrogen (secondary N) is 3. The van der Waals surface area contributed by atoms with E-state index < -0.39 is 17.7 Å². The van der Waals surface area contributed by atoms with Crippen molar-refractivity contribution >= 4 is 44.4 Å². The molecule has 0 aliphatic heterocycles. The number of benzene rings is 1. The molecule has 0 atom stereocenters. The van der Waals surface area contributed by atoms with Crippen LogP contribution in [0.15, 0.2) is 42.7 Å². The molecule has 3 rings (SSSR count). The lowest BCUT2D eigenvalue weighted by Crippen LogP contribution is -2.46. The lowest BCUT2D eigenvalue weighted by molar-refractivity contribution is -0.136. The Labute approximate surface area is 157 Å². The molecule has 0 unspecified atom stereocenters. The van der Waals surface area contributed by atoms with Crippen LogP contribution in [0.3, 0.4) is 0 Å². The van der Waals surface area contributed by atoms with Gasteiger partial charge >= 0.3 is 11.8 Å². The third-order valence-corrected chi connectivity index (χ3v) is 4.26. The first kappa shape index (κ1) is 18.3. The molecular formula is C17H15N5O4S. The van der Waals surface area contributed by atoms with E-state index in [0.717, 1.165) is 4.70 Å². The van der Waals surface area contributed by atoms with E-state index in [1.807, 2.05) is 12.3 Å². The molecule has 10 heteroatoms. The van der Waals surface area contributed by atoms with Crippen LogP contribution in [0.25, 0.3) is 10.2 Å². The van der Waals surface area contributed by atoms with E-state index in [9.17, 15) is 14.4 Å². The number of amides is 3. The molecule has 2 heterocycles. The number of carbonyl (C=O) groups is 3. The molecule has 1 aromatic carbocycles. The number of carbonyl (C=O) groups excluding carboxylic acids is 3. The number of hydrogen-bond acceptors (Lipinski definition) is 7. The molecule has 0 saturated carbocycles. The standard InChI is InChI=1S/C17H15N5O4S/c1-2-26-11-3-4-12-13(9-11)27-17(19-12)20-15(24)16(25)22-21-14(23)10-5-7-18-8-6-10/h3-9H,2H2,1H3,(H,21,23)(H,22,25)(H,19,20,24). The van der Waals surface area contributed by atoms with E-state index in [2.05, 4.69) is 20.7 Å². The predicted molar refractivity (Wildman–Crippen MR) is 99.3 cm³/mol. The second kappa shape index (κ2) is 8.23. The van der Waals surface area contributed by atoms with Crippen molar-refractivity contribution in [3.8, 4) is 5.75 Å². The van der Waals surface area contributed by atoms with Crippen molar-refractivity contribution in [2.45, 2.75) is 6.92 Å². The fourth-order valence-electron chi connectivity index (χ4n) is 2.11. The summed E-state index contributed by atoms with van der Waals surface area (Å²) in [5, 5.41) is 2.66. The highest BCUT2D eigenvalue weighted by Gasteiger charge is 2.17. The van der Waals surface area contributed by atoms with Crippen LogP contribution in [0.1, 0.15) is 17.3 Å². The topological polar surface area (TPSA) is 122 Å². The average Bonchev–Trinajstić information content (AvgIpc) is 3.08. The van der Waals surface area contributed by atoms with Crippen molar-refractivity contribution in [3.05, 3.63) is 48.3 Å². The highest BCUT2D eigenvalue weighted by Crippen LogP contribution is 2.29. The van der Waals surface area contributed by atoms with Gasteiger partial charge in [0.15, 0.2) is 5.13 Å². The maximum absolute atomic E-state index is 12.0. The first-order valence-electron chi connectivity index (χ1n) is 7.92. The van der Waals surface area contributed by atoms with Crippen molar-refractivity contribution in [1.29, 1.82) is 0 Å². The van der Waals surface area contributed by atoms with Gasteiger partial charge in [-0.1, -0.05) is 11.3 Å². The van der Waals surface area contributed by atoms with Crippen LogP contribution >= 0.6 is 11.3 Å². The molecule has 3 amide bonds. The monoisotopic (exact) mass is 385 g/mol. The fraction of sp³-hybridized carbons (Fsp3) is 0.118. The van der Waals surface area contributed by atoms with Gasteiger partial charge in [-0.25, -0.2) is 4.98 Å². The highest BCUT2D eigenvalue weighted by molar-refractivity contribution is 7.22.